The molecule has 1 aliphatic carbocycles. The van der Waals surface area contributed by atoms with Crippen molar-refractivity contribution in [3.05, 3.63) is 35.6 Å². The van der Waals surface area contributed by atoms with Gasteiger partial charge in [0.25, 0.3) is 0 Å². The normalized spacial score (nSPS) is 15.1. The minimum atomic E-state index is -4.76. The fourth-order valence-electron chi connectivity index (χ4n) is 2.36. The second kappa shape index (κ2) is 5.64. The summed E-state index contributed by atoms with van der Waals surface area (Å²) in [5, 5.41) is 3.95. The van der Waals surface area contributed by atoms with Crippen LogP contribution in [0, 0.1) is 0 Å². The first kappa shape index (κ1) is 14.9. The Morgan fingerprint density at radius 2 is 2.00 bits per heavy atom. The first-order valence-corrected chi connectivity index (χ1v) is 6.82. The molecule has 3 rings (SSSR count). The summed E-state index contributed by atoms with van der Waals surface area (Å²) in [6.07, 6.45) is -2.78. The summed E-state index contributed by atoms with van der Waals surface area (Å²) < 4.78 is 52.2. The van der Waals surface area contributed by atoms with Crippen LogP contribution in [0.25, 0.3) is 11.3 Å². The van der Waals surface area contributed by atoms with E-state index in [4.69, 9.17) is 9.26 Å². The van der Waals surface area contributed by atoms with Crippen molar-refractivity contribution in [2.45, 2.75) is 31.7 Å². The molecule has 1 aromatic heterocycles. The van der Waals surface area contributed by atoms with Gasteiger partial charge in [-0.25, -0.2) is 0 Å². The van der Waals surface area contributed by atoms with Gasteiger partial charge in [0.15, 0.2) is 0 Å². The number of para-hydroxylation sites is 1. The summed E-state index contributed by atoms with van der Waals surface area (Å²) in [5.74, 6) is 0.670. The molecule has 0 bridgehead atoms. The van der Waals surface area contributed by atoms with E-state index in [1.54, 1.807) is 6.07 Å². The molecule has 0 spiro atoms. The highest BCUT2D eigenvalue weighted by Crippen LogP contribution is 2.45. The molecule has 1 heterocycles. The molecule has 0 N–H and O–H groups in total. The molecule has 0 radical (unpaired) electrons. The Balaban J connectivity index is 2.04. The van der Waals surface area contributed by atoms with Crippen LogP contribution in [0.2, 0.25) is 0 Å². The van der Waals surface area contributed by atoms with Crippen molar-refractivity contribution >= 4 is 0 Å². The number of hydrogen-bond acceptors (Lipinski definition) is 4. The van der Waals surface area contributed by atoms with Gasteiger partial charge >= 0.3 is 6.36 Å². The zero-order valence-electron chi connectivity index (χ0n) is 11.8. The maximum atomic E-state index is 12.5. The van der Waals surface area contributed by atoms with Crippen LogP contribution in [-0.2, 0) is 11.3 Å². The van der Waals surface area contributed by atoms with Crippen molar-refractivity contribution in [3.63, 3.8) is 0 Å². The molecule has 1 aliphatic rings. The van der Waals surface area contributed by atoms with Crippen LogP contribution in [0.3, 0.4) is 0 Å². The summed E-state index contributed by atoms with van der Waals surface area (Å²) in [7, 11) is 1.52. The third-order valence-electron chi connectivity index (χ3n) is 3.42. The predicted octanol–water partition coefficient (Wildman–Crippen LogP) is 4.26. The van der Waals surface area contributed by atoms with Crippen molar-refractivity contribution in [2.24, 2.45) is 0 Å². The van der Waals surface area contributed by atoms with Gasteiger partial charge in [0, 0.05) is 24.2 Å². The van der Waals surface area contributed by atoms with Gasteiger partial charge in [-0.3, -0.25) is 0 Å². The predicted molar refractivity (Wildman–Crippen MR) is 71.3 cm³/mol. The third-order valence-corrected chi connectivity index (χ3v) is 3.42. The first-order chi connectivity index (χ1) is 10.5. The van der Waals surface area contributed by atoms with Crippen LogP contribution in [0.4, 0.5) is 13.2 Å². The number of hydrogen-bond donors (Lipinski definition) is 0. The average Bonchev–Trinajstić information content (AvgIpc) is 3.20. The van der Waals surface area contributed by atoms with E-state index in [0.29, 0.717) is 17.0 Å². The van der Waals surface area contributed by atoms with Gasteiger partial charge in [-0.05, 0) is 25.0 Å². The second-order valence-corrected chi connectivity index (χ2v) is 5.13. The molecule has 118 valence electrons. The van der Waals surface area contributed by atoms with Gasteiger partial charge in [-0.1, -0.05) is 17.3 Å². The lowest BCUT2D eigenvalue weighted by Crippen LogP contribution is -2.17. The van der Waals surface area contributed by atoms with Crippen LogP contribution >= 0.6 is 0 Å². The minimum absolute atomic E-state index is 0.227. The third kappa shape index (κ3) is 3.09. The molecule has 0 atom stereocenters. The molecule has 1 fully saturated rings. The molecular weight excluding hydrogens is 299 g/mol. The summed E-state index contributed by atoms with van der Waals surface area (Å²) in [6, 6.07) is 5.88. The van der Waals surface area contributed by atoms with Gasteiger partial charge in [0.1, 0.15) is 17.2 Å². The Morgan fingerprint density at radius 1 is 1.27 bits per heavy atom. The van der Waals surface area contributed by atoms with Crippen molar-refractivity contribution < 1.29 is 27.2 Å². The van der Waals surface area contributed by atoms with E-state index in [0.717, 1.165) is 12.8 Å². The number of benzene rings is 1. The Hall–Kier alpha value is -2.02. The Morgan fingerprint density at radius 3 is 2.64 bits per heavy atom. The summed E-state index contributed by atoms with van der Waals surface area (Å²) in [5.41, 5.74) is 1.26. The molecule has 2 aromatic rings. The van der Waals surface area contributed by atoms with Crippen LogP contribution < -0.4 is 4.74 Å². The molecule has 0 aliphatic heterocycles. The molecular formula is C15H14F3NO3. The smallest absolute Gasteiger partial charge is 0.405 e. The number of aromatic nitrogens is 1. The quantitative estimate of drug-likeness (QED) is 0.827. The maximum absolute atomic E-state index is 12.5. The lowest BCUT2D eigenvalue weighted by molar-refractivity contribution is -0.274. The highest BCUT2D eigenvalue weighted by atomic mass is 19.4. The van der Waals surface area contributed by atoms with E-state index in [1.165, 1.54) is 25.3 Å². The van der Waals surface area contributed by atoms with Gasteiger partial charge in [-0.15, -0.1) is 13.2 Å². The summed E-state index contributed by atoms with van der Waals surface area (Å²) >= 11 is 0. The number of ether oxygens (including phenoxy) is 2. The van der Waals surface area contributed by atoms with Gasteiger partial charge < -0.3 is 14.0 Å². The van der Waals surface area contributed by atoms with Gasteiger partial charge in [0.2, 0.25) is 0 Å². The van der Waals surface area contributed by atoms with Crippen LogP contribution in [-0.4, -0.2) is 18.6 Å². The fourth-order valence-corrected chi connectivity index (χ4v) is 2.36. The first-order valence-electron chi connectivity index (χ1n) is 6.82. The van der Waals surface area contributed by atoms with E-state index in [2.05, 4.69) is 9.89 Å². The number of methoxy groups -OCH3 is 1. The SMILES string of the molecule is COCc1c(-c2ccccc2OC(F)(F)F)noc1C1CC1. The topological polar surface area (TPSA) is 44.5 Å². The molecule has 7 heteroatoms. The number of rotatable bonds is 5. The number of alkyl halides is 3. The van der Waals surface area contributed by atoms with E-state index >= 15 is 0 Å². The van der Waals surface area contributed by atoms with Crippen LogP contribution in [0.1, 0.15) is 30.1 Å². The monoisotopic (exact) mass is 313 g/mol. The fraction of sp³-hybridized carbons (Fsp3) is 0.400. The van der Waals surface area contributed by atoms with Crippen molar-refractivity contribution in [3.8, 4) is 17.0 Å². The van der Waals surface area contributed by atoms with E-state index < -0.39 is 6.36 Å². The molecule has 0 unspecified atom stereocenters. The number of halogens is 3. The molecule has 1 saturated carbocycles. The zero-order chi connectivity index (χ0) is 15.7. The summed E-state index contributed by atoms with van der Waals surface area (Å²) in [4.78, 5) is 0. The van der Waals surface area contributed by atoms with Crippen molar-refractivity contribution in [2.75, 3.05) is 7.11 Å². The largest absolute Gasteiger partial charge is 0.573 e. The van der Waals surface area contributed by atoms with Crippen LogP contribution in [0.5, 0.6) is 5.75 Å². The van der Waals surface area contributed by atoms with E-state index in [9.17, 15) is 13.2 Å². The standard InChI is InChI=1S/C15H14F3NO3/c1-20-8-11-13(19-22-14(11)9-6-7-9)10-4-2-3-5-12(10)21-15(16,17)18/h2-5,9H,6-8H2,1H3. The lowest BCUT2D eigenvalue weighted by Gasteiger charge is -2.12. The molecule has 0 saturated heterocycles. The highest BCUT2D eigenvalue weighted by Gasteiger charge is 2.35. The Bertz CT molecular complexity index is 662. The van der Waals surface area contributed by atoms with Crippen molar-refractivity contribution in [1.82, 2.24) is 5.16 Å². The highest BCUT2D eigenvalue weighted by molar-refractivity contribution is 5.70. The average molecular weight is 313 g/mol. The second-order valence-electron chi connectivity index (χ2n) is 5.13. The lowest BCUT2D eigenvalue weighted by atomic mass is 10.0. The van der Waals surface area contributed by atoms with E-state index in [-0.39, 0.29) is 23.8 Å². The molecule has 1 aromatic carbocycles. The van der Waals surface area contributed by atoms with Gasteiger partial charge in [0.05, 0.1) is 6.61 Å². The Labute approximate surface area is 124 Å². The number of nitrogens with zero attached hydrogens (tertiary/aromatic N) is 1. The van der Waals surface area contributed by atoms with Crippen LogP contribution in [0.15, 0.2) is 28.8 Å². The van der Waals surface area contributed by atoms with Gasteiger partial charge in [-0.2, -0.15) is 0 Å². The maximum Gasteiger partial charge on any atom is 0.573 e. The molecule has 4 nitrogen and oxygen atoms in total. The Kier molecular flexibility index (Phi) is 3.82. The van der Waals surface area contributed by atoms with Crippen molar-refractivity contribution in [1.29, 1.82) is 0 Å². The minimum Gasteiger partial charge on any atom is -0.405 e. The van der Waals surface area contributed by atoms with E-state index in [1.807, 2.05) is 0 Å². The zero-order valence-corrected chi connectivity index (χ0v) is 11.8. The summed E-state index contributed by atoms with van der Waals surface area (Å²) in [6.45, 7) is 0.227. The molecule has 0 amide bonds. The molecule has 22 heavy (non-hydrogen) atoms.